The molecule has 38 heavy (non-hydrogen) atoms. The molecule has 0 saturated carbocycles. The standard InChI is InChI=1S/C30H32ClN3O4/c1-5-6-7-18-33(29(35)21-8-13-24(37-3)14-9-21)20(2)28-32-27-19-22(31)10-17-26(27)30(36)34(28)23-11-15-25(38-4)16-12-23/h8-17,19-20H,5-7,18H2,1-4H3. The molecule has 0 aliphatic carbocycles. The molecule has 4 rings (SSSR count). The highest BCUT2D eigenvalue weighted by Crippen LogP contribution is 2.27. The second kappa shape index (κ2) is 12.1. The molecule has 0 fully saturated rings. The zero-order valence-corrected chi connectivity index (χ0v) is 22.9. The summed E-state index contributed by atoms with van der Waals surface area (Å²) in [5.74, 6) is 1.66. The summed E-state index contributed by atoms with van der Waals surface area (Å²) < 4.78 is 12.1. The van der Waals surface area contributed by atoms with E-state index in [4.69, 9.17) is 26.1 Å². The third-order valence-corrected chi connectivity index (χ3v) is 6.86. The molecular formula is C30H32ClN3O4. The molecular weight excluding hydrogens is 502 g/mol. The van der Waals surface area contributed by atoms with E-state index >= 15 is 0 Å². The Balaban J connectivity index is 1.87. The zero-order valence-electron chi connectivity index (χ0n) is 22.1. The molecule has 1 aromatic heterocycles. The van der Waals surface area contributed by atoms with Gasteiger partial charge in [-0.15, -0.1) is 0 Å². The molecule has 0 bridgehead atoms. The van der Waals surface area contributed by atoms with Crippen molar-refractivity contribution in [1.29, 1.82) is 0 Å². The van der Waals surface area contributed by atoms with E-state index in [1.807, 2.05) is 19.1 Å². The van der Waals surface area contributed by atoms with Gasteiger partial charge in [0.2, 0.25) is 0 Å². The van der Waals surface area contributed by atoms with Crippen LogP contribution in [0, 0.1) is 0 Å². The number of unbranched alkanes of at least 4 members (excludes halogenated alkanes) is 2. The maximum atomic E-state index is 13.8. The predicted octanol–water partition coefficient (Wildman–Crippen LogP) is 6.45. The number of fused-ring (bicyclic) bond motifs is 1. The number of nitrogens with zero attached hydrogens (tertiary/aromatic N) is 3. The maximum Gasteiger partial charge on any atom is 0.266 e. The zero-order chi connectivity index (χ0) is 27.2. The molecule has 0 radical (unpaired) electrons. The third-order valence-electron chi connectivity index (χ3n) is 6.63. The fraction of sp³-hybridized carbons (Fsp3) is 0.300. The van der Waals surface area contributed by atoms with E-state index in [2.05, 4.69) is 6.92 Å². The summed E-state index contributed by atoms with van der Waals surface area (Å²) in [5.41, 5.74) is 1.42. The van der Waals surface area contributed by atoms with Crippen LogP contribution in [-0.2, 0) is 0 Å². The lowest BCUT2D eigenvalue weighted by atomic mass is 10.1. The number of rotatable bonds is 10. The van der Waals surface area contributed by atoms with E-state index in [1.54, 1.807) is 78.3 Å². The molecule has 1 atom stereocenters. The van der Waals surface area contributed by atoms with Crippen LogP contribution in [0.1, 0.15) is 55.3 Å². The fourth-order valence-electron chi connectivity index (χ4n) is 4.48. The minimum absolute atomic E-state index is 0.141. The Morgan fingerprint density at radius 3 is 2.21 bits per heavy atom. The van der Waals surface area contributed by atoms with Gasteiger partial charge in [-0.25, -0.2) is 4.98 Å². The highest BCUT2D eigenvalue weighted by molar-refractivity contribution is 6.31. The number of ether oxygens (including phenoxy) is 2. The minimum atomic E-state index is -0.514. The molecule has 4 aromatic rings. The van der Waals surface area contributed by atoms with Crippen LogP contribution >= 0.6 is 11.6 Å². The second-order valence-corrected chi connectivity index (χ2v) is 9.52. The first kappa shape index (κ1) is 27.2. The van der Waals surface area contributed by atoms with Crippen molar-refractivity contribution in [3.63, 3.8) is 0 Å². The lowest BCUT2D eigenvalue weighted by molar-refractivity contribution is 0.0677. The van der Waals surface area contributed by atoms with Crippen LogP contribution < -0.4 is 15.0 Å². The summed E-state index contributed by atoms with van der Waals surface area (Å²) >= 11 is 6.26. The number of benzene rings is 3. The highest BCUT2D eigenvalue weighted by Gasteiger charge is 2.27. The molecule has 8 heteroatoms. The lowest BCUT2D eigenvalue weighted by Gasteiger charge is -2.31. The fourth-order valence-corrected chi connectivity index (χ4v) is 4.65. The van der Waals surface area contributed by atoms with Crippen LogP contribution in [0.15, 0.2) is 71.5 Å². The van der Waals surface area contributed by atoms with E-state index in [-0.39, 0.29) is 11.5 Å². The number of amides is 1. The monoisotopic (exact) mass is 533 g/mol. The van der Waals surface area contributed by atoms with Crippen LogP contribution in [0.2, 0.25) is 5.02 Å². The molecule has 198 valence electrons. The average molecular weight is 534 g/mol. The molecule has 1 amide bonds. The SMILES string of the molecule is CCCCCN(C(=O)c1ccc(OC)cc1)C(C)c1nc2cc(Cl)ccc2c(=O)n1-c1ccc(OC)cc1. The first-order chi connectivity index (χ1) is 18.4. The number of carbonyl (C=O) groups is 1. The average Bonchev–Trinajstić information content (AvgIpc) is 2.94. The number of halogens is 1. The molecule has 1 heterocycles. The summed E-state index contributed by atoms with van der Waals surface area (Å²) in [5, 5.41) is 0.930. The molecule has 1 unspecified atom stereocenters. The molecule has 7 nitrogen and oxygen atoms in total. The number of hydrogen-bond donors (Lipinski definition) is 0. The van der Waals surface area contributed by atoms with Gasteiger partial charge in [0.05, 0.1) is 36.9 Å². The Hall–Kier alpha value is -3.84. The van der Waals surface area contributed by atoms with Gasteiger partial charge in [0.15, 0.2) is 0 Å². The van der Waals surface area contributed by atoms with Gasteiger partial charge >= 0.3 is 0 Å². The van der Waals surface area contributed by atoms with Gasteiger partial charge in [-0.2, -0.15) is 0 Å². The first-order valence-electron chi connectivity index (χ1n) is 12.7. The van der Waals surface area contributed by atoms with E-state index in [1.165, 1.54) is 0 Å². The van der Waals surface area contributed by atoms with Gasteiger partial charge < -0.3 is 14.4 Å². The van der Waals surface area contributed by atoms with Crippen LogP contribution in [-0.4, -0.2) is 41.1 Å². The number of methoxy groups -OCH3 is 2. The summed E-state index contributed by atoms with van der Waals surface area (Å²) in [6, 6.07) is 18.8. The van der Waals surface area contributed by atoms with E-state index < -0.39 is 6.04 Å². The predicted molar refractivity (Wildman–Crippen MR) is 151 cm³/mol. The van der Waals surface area contributed by atoms with Crippen molar-refractivity contribution in [3.05, 3.63) is 93.5 Å². The third kappa shape index (κ3) is 5.68. The van der Waals surface area contributed by atoms with Crippen molar-refractivity contribution < 1.29 is 14.3 Å². The number of carbonyl (C=O) groups excluding carboxylic acids is 1. The highest BCUT2D eigenvalue weighted by atomic mass is 35.5. The van der Waals surface area contributed by atoms with Gasteiger partial charge in [0.25, 0.3) is 11.5 Å². The van der Waals surface area contributed by atoms with Crippen molar-refractivity contribution in [2.75, 3.05) is 20.8 Å². The van der Waals surface area contributed by atoms with Crippen molar-refractivity contribution >= 4 is 28.4 Å². The first-order valence-corrected chi connectivity index (χ1v) is 13.1. The van der Waals surface area contributed by atoms with Crippen molar-refractivity contribution in [3.8, 4) is 17.2 Å². The van der Waals surface area contributed by atoms with E-state index in [0.29, 0.717) is 51.0 Å². The maximum absolute atomic E-state index is 13.8. The summed E-state index contributed by atoms with van der Waals surface area (Å²) in [7, 11) is 3.18. The van der Waals surface area contributed by atoms with Crippen LogP contribution in [0.3, 0.4) is 0 Å². The van der Waals surface area contributed by atoms with Crippen LogP contribution in [0.25, 0.3) is 16.6 Å². The number of hydrogen-bond acceptors (Lipinski definition) is 5. The topological polar surface area (TPSA) is 73.7 Å². The molecule has 0 spiro atoms. The van der Waals surface area contributed by atoms with Gasteiger partial charge in [0, 0.05) is 17.1 Å². The van der Waals surface area contributed by atoms with Crippen molar-refractivity contribution in [1.82, 2.24) is 14.5 Å². The molecule has 0 saturated heterocycles. The summed E-state index contributed by atoms with van der Waals surface area (Å²) in [6.07, 6.45) is 2.82. The molecule has 3 aromatic carbocycles. The van der Waals surface area contributed by atoms with Gasteiger partial charge in [0.1, 0.15) is 17.3 Å². The smallest absolute Gasteiger partial charge is 0.266 e. The van der Waals surface area contributed by atoms with Crippen molar-refractivity contribution in [2.24, 2.45) is 0 Å². The Kier molecular flexibility index (Phi) is 8.69. The Morgan fingerprint density at radius 2 is 1.61 bits per heavy atom. The Bertz CT molecular complexity index is 1470. The normalized spacial score (nSPS) is 11.8. The summed E-state index contributed by atoms with van der Waals surface area (Å²) in [4.78, 5) is 34.4. The Labute approximate surface area is 227 Å². The molecule has 0 N–H and O–H groups in total. The van der Waals surface area contributed by atoms with Gasteiger partial charge in [-0.05, 0) is 80.1 Å². The second-order valence-electron chi connectivity index (χ2n) is 9.08. The quantitative estimate of drug-likeness (QED) is 0.219. The van der Waals surface area contributed by atoms with Crippen molar-refractivity contribution in [2.45, 2.75) is 39.2 Å². The largest absolute Gasteiger partial charge is 0.497 e. The summed E-state index contributed by atoms with van der Waals surface area (Å²) in [6.45, 7) is 4.55. The van der Waals surface area contributed by atoms with Crippen LogP contribution in [0.4, 0.5) is 0 Å². The van der Waals surface area contributed by atoms with E-state index in [9.17, 15) is 9.59 Å². The molecule has 0 aliphatic heterocycles. The van der Waals surface area contributed by atoms with Gasteiger partial charge in [-0.1, -0.05) is 31.4 Å². The lowest BCUT2D eigenvalue weighted by Crippen LogP contribution is -2.38. The minimum Gasteiger partial charge on any atom is -0.497 e. The Morgan fingerprint density at radius 1 is 0.974 bits per heavy atom. The number of aromatic nitrogens is 2. The van der Waals surface area contributed by atoms with Crippen LogP contribution in [0.5, 0.6) is 11.5 Å². The van der Waals surface area contributed by atoms with E-state index in [0.717, 1.165) is 19.3 Å². The molecule has 0 aliphatic rings. The van der Waals surface area contributed by atoms with Gasteiger partial charge in [-0.3, -0.25) is 14.2 Å².